The van der Waals surface area contributed by atoms with Crippen molar-refractivity contribution in [2.75, 3.05) is 14.2 Å². The monoisotopic (exact) mass is 518 g/mol. The molecular formula is C29H27BrO4. The van der Waals surface area contributed by atoms with Crippen molar-refractivity contribution in [3.8, 4) is 23.0 Å². The highest BCUT2D eigenvalue weighted by Crippen LogP contribution is 2.39. The fourth-order valence-electron chi connectivity index (χ4n) is 3.59. The molecule has 0 aliphatic carbocycles. The van der Waals surface area contributed by atoms with Crippen LogP contribution in [0.4, 0.5) is 0 Å². The fraction of sp³-hybridized carbons (Fsp3) is 0.172. The number of methoxy groups -OCH3 is 2. The predicted octanol–water partition coefficient (Wildman–Crippen LogP) is 7.35. The molecule has 4 rings (SSSR count). The van der Waals surface area contributed by atoms with Crippen LogP contribution >= 0.6 is 15.9 Å². The van der Waals surface area contributed by atoms with Gasteiger partial charge in [0.15, 0.2) is 23.0 Å². The summed E-state index contributed by atoms with van der Waals surface area (Å²) in [7, 11) is 3.30. The summed E-state index contributed by atoms with van der Waals surface area (Å²) in [5, 5.41) is 0. The Bertz CT molecular complexity index is 1100. The molecule has 0 N–H and O–H groups in total. The van der Waals surface area contributed by atoms with E-state index in [1.54, 1.807) is 14.2 Å². The minimum atomic E-state index is -0.0540. The Labute approximate surface area is 209 Å². The van der Waals surface area contributed by atoms with Gasteiger partial charge in [-0.15, -0.1) is 0 Å². The lowest BCUT2D eigenvalue weighted by Gasteiger charge is -2.17. The fourth-order valence-corrected chi connectivity index (χ4v) is 4.15. The highest BCUT2D eigenvalue weighted by molar-refractivity contribution is 9.09. The van der Waals surface area contributed by atoms with E-state index < -0.39 is 0 Å². The Morgan fingerprint density at radius 2 is 0.971 bits per heavy atom. The van der Waals surface area contributed by atoms with E-state index in [2.05, 4.69) is 15.9 Å². The van der Waals surface area contributed by atoms with Crippen LogP contribution in [0, 0.1) is 0 Å². The maximum Gasteiger partial charge on any atom is 0.161 e. The Kier molecular flexibility index (Phi) is 8.10. The van der Waals surface area contributed by atoms with E-state index in [1.807, 2.05) is 97.1 Å². The van der Waals surface area contributed by atoms with Gasteiger partial charge in [-0.05, 0) is 46.5 Å². The lowest BCUT2D eigenvalue weighted by molar-refractivity contribution is 0.284. The van der Waals surface area contributed by atoms with Crippen molar-refractivity contribution in [2.45, 2.75) is 18.0 Å². The van der Waals surface area contributed by atoms with Gasteiger partial charge >= 0.3 is 0 Å². The van der Waals surface area contributed by atoms with Crippen molar-refractivity contribution >= 4 is 15.9 Å². The molecule has 0 aliphatic rings. The number of ether oxygens (including phenoxy) is 4. The third-order valence-corrected chi connectivity index (χ3v) is 6.49. The van der Waals surface area contributed by atoms with Crippen molar-refractivity contribution in [1.82, 2.24) is 0 Å². The van der Waals surface area contributed by atoms with E-state index in [0.29, 0.717) is 36.2 Å². The second-order valence-corrected chi connectivity index (χ2v) is 8.65. The second-order valence-electron chi connectivity index (χ2n) is 7.73. The molecule has 0 saturated carbocycles. The van der Waals surface area contributed by atoms with Gasteiger partial charge in [0.1, 0.15) is 13.2 Å². The highest BCUT2D eigenvalue weighted by atomic mass is 79.9. The molecule has 0 heterocycles. The maximum atomic E-state index is 5.99. The van der Waals surface area contributed by atoms with Crippen LogP contribution in [0.3, 0.4) is 0 Å². The lowest BCUT2D eigenvalue weighted by Crippen LogP contribution is -2.01. The lowest BCUT2D eigenvalue weighted by atomic mass is 10.0. The first kappa shape index (κ1) is 23.7. The molecule has 4 aromatic carbocycles. The van der Waals surface area contributed by atoms with Gasteiger partial charge in [0.25, 0.3) is 0 Å². The highest BCUT2D eigenvalue weighted by Gasteiger charge is 2.17. The zero-order chi connectivity index (χ0) is 23.8. The normalized spacial score (nSPS) is 10.7. The number of benzene rings is 4. The molecule has 0 aromatic heterocycles. The maximum absolute atomic E-state index is 5.99. The summed E-state index contributed by atoms with van der Waals surface area (Å²) in [4.78, 5) is -0.0540. The van der Waals surface area contributed by atoms with Crippen LogP contribution in [-0.2, 0) is 13.2 Å². The SMILES string of the molecule is COc1cc(C(Br)c2ccc(OCc3ccccc3)c(OC)c2)ccc1OCc1ccccc1. The average molecular weight is 519 g/mol. The van der Waals surface area contributed by atoms with Crippen molar-refractivity contribution in [1.29, 1.82) is 0 Å². The van der Waals surface area contributed by atoms with Crippen molar-refractivity contribution in [3.63, 3.8) is 0 Å². The molecule has 0 aliphatic heterocycles. The standard InChI is InChI=1S/C29H27BrO4/c1-31-27-17-23(13-15-25(27)33-19-21-9-5-3-6-10-21)29(30)24-14-16-26(28(18-24)32-2)34-20-22-11-7-4-8-12-22/h3-18,29H,19-20H2,1-2H3. The number of alkyl halides is 1. The topological polar surface area (TPSA) is 36.9 Å². The Hall–Kier alpha value is -3.44. The van der Waals surface area contributed by atoms with E-state index in [9.17, 15) is 0 Å². The number of hydrogen-bond donors (Lipinski definition) is 0. The molecule has 34 heavy (non-hydrogen) atoms. The third kappa shape index (κ3) is 5.91. The molecule has 0 bridgehead atoms. The number of halogens is 1. The van der Waals surface area contributed by atoms with Crippen molar-refractivity contribution in [2.24, 2.45) is 0 Å². The van der Waals surface area contributed by atoms with Gasteiger partial charge in [0, 0.05) is 0 Å². The summed E-state index contributed by atoms with van der Waals surface area (Å²) in [5.41, 5.74) is 4.30. The minimum Gasteiger partial charge on any atom is -0.493 e. The predicted molar refractivity (Wildman–Crippen MR) is 138 cm³/mol. The van der Waals surface area contributed by atoms with Crippen LogP contribution in [0.1, 0.15) is 27.1 Å². The number of rotatable bonds is 10. The zero-order valence-corrected chi connectivity index (χ0v) is 20.8. The molecule has 0 fully saturated rings. The van der Waals surface area contributed by atoms with Crippen molar-refractivity contribution in [3.05, 3.63) is 119 Å². The van der Waals surface area contributed by atoms with E-state index in [-0.39, 0.29) is 4.83 Å². The van der Waals surface area contributed by atoms with Gasteiger partial charge in [-0.25, -0.2) is 0 Å². The first-order valence-corrected chi connectivity index (χ1v) is 11.9. The van der Waals surface area contributed by atoms with Crippen LogP contribution in [0.25, 0.3) is 0 Å². The Balaban J connectivity index is 1.48. The van der Waals surface area contributed by atoms with E-state index in [0.717, 1.165) is 22.3 Å². The van der Waals surface area contributed by atoms with Gasteiger partial charge in [-0.2, -0.15) is 0 Å². The summed E-state index contributed by atoms with van der Waals surface area (Å²) < 4.78 is 23.2. The zero-order valence-electron chi connectivity index (χ0n) is 19.2. The molecular weight excluding hydrogens is 492 g/mol. The molecule has 0 spiro atoms. The van der Waals surface area contributed by atoms with Gasteiger partial charge in [0.05, 0.1) is 19.0 Å². The van der Waals surface area contributed by atoms with Crippen LogP contribution < -0.4 is 18.9 Å². The van der Waals surface area contributed by atoms with Crippen LogP contribution in [0.2, 0.25) is 0 Å². The molecule has 0 unspecified atom stereocenters. The first-order chi connectivity index (χ1) is 16.7. The van der Waals surface area contributed by atoms with Gasteiger partial charge < -0.3 is 18.9 Å². The van der Waals surface area contributed by atoms with Crippen LogP contribution in [0.5, 0.6) is 23.0 Å². The molecule has 4 nitrogen and oxygen atoms in total. The number of hydrogen-bond acceptors (Lipinski definition) is 4. The molecule has 0 amide bonds. The Morgan fingerprint density at radius 1 is 0.559 bits per heavy atom. The summed E-state index contributed by atoms with van der Waals surface area (Å²) in [6, 6.07) is 32.1. The van der Waals surface area contributed by atoms with E-state index in [4.69, 9.17) is 18.9 Å². The molecule has 4 aromatic rings. The molecule has 5 heteroatoms. The summed E-state index contributed by atoms with van der Waals surface area (Å²) in [6.07, 6.45) is 0. The smallest absolute Gasteiger partial charge is 0.161 e. The second kappa shape index (κ2) is 11.6. The van der Waals surface area contributed by atoms with Crippen molar-refractivity contribution < 1.29 is 18.9 Å². The first-order valence-electron chi connectivity index (χ1n) is 11.0. The largest absolute Gasteiger partial charge is 0.493 e. The summed E-state index contributed by atoms with van der Waals surface area (Å²) >= 11 is 3.83. The minimum absolute atomic E-state index is 0.0540. The summed E-state index contributed by atoms with van der Waals surface area (Å²) in [5.74, 6) is 2.79. The van der Waals surface area contributed by atoms with E-state index >= 15 is 0 Å². The molecule has 174 valence electrons. The van der Waals surface area contributed by atoms with Gasteiger partial charge in [0.2, 0.25) is 0 Å². The van der Waals surface area contributed by atoms with Crippen LogP contribution in [0.15, 0.2) is 97.1 Å². The van der Waals surface area contributed by atoms with E-state index in [1.165, 1.54) is 0 Å². The third-order valence-electron chi connectivity index (χ3n) is 5.44. The summed E-state index contributed by atoms with van der Waals surface area (Å²) in [6.45, 7) is 0.964. The average Bonchev–Trinajstić information content (AvgIpc) is 2.91. The van der Waals surface area contributed by atoms with Crippen LogP contribution in [-0.4, -0.2) is 14.2 Å². The quantitative estimate of drug-likeness (QED) is 0.205. The molecule has 0 radical (unpaired) electrons. The Morgan fingerprint density at radius 3 is 1.35 bits per heavy atom. The van der Waals surface area contributed by atoms with Gasteiger partial charge in [-0.3, -0.25) is 0 Å². The van der Waals surface area contributed by atoms with Gasteiger partial charge in [-0.1, -0.05) is 88.7 Å². The molecule has 0 atom stereocenters. The molecule has 0 saturated heterocycles.